The topological polar surface area (TPSA) is 78.8 Å². The first kappa shape index (κ1) is 19.0. The van der Waals surface area contributed by atoms with E-state index in [1.165, 1.54) is 0 Å². The zero-order valence-electron chi connectivity index (χ0n) is 14.8. The van der Waals surface area contributed by atoms with Gasteiger partial charge in [-0.1, -0.05) is 54.6 Å². The number of benzene rings is 2. The summed E-state index contributed by atoms with van der Waals surface area (Å²) in [6, 6.07) is 16.5. The Kier molecular flexibility index (Phi) is 5.82. The Bertz CT molecular complexity index is 688. The molecule has 1 unspecified atom stereocenters. The van der Waals surface area contributed by atoms with Gasteiger partial charge in [0.1, 0.15) is 12.2 Å². The van der Waals surface area contributed by atoms with Gasteiger partial charge in [0.15, 0.2) is 0 Å². The monoisotopic (exact) mass is 343 g/mol. The van der Waals surface area contributed by atoms with Crippen molar-refractivity contribution >= 4 is 6.09 Å². The van der Waals surface area contributed by atoms with Crippen molar-refractivity contribution in [1.29, 1.82) is 0 Å². The van der Waals surface area contributed by atoms with Crippen LogP contribution in [0.4, 0.5) is 4.79 Å². The molecule has 0 bridgehead atoms. The van der Waals surface area contributed by atoms with Gasteiger partial charge < -0.3 is 20.3 Å². The quantitative estimate of drug-likeness (QED) is 0.753. The van der Waals surface area contributed by atoms with Crippen LogP contribution in [0.2, 0.25) is 0 Å². The van der Waals surface area contributed by atoms with E-state index < -0.39 is 17.3 Å². The summed E-state index contributed by atoms with van der Waals surface area (Å²) < 4.78 is 5.15. The first-order valence-corrected chi connectivity index (χ1v) is 8.19. The van der Waals surface area contributed by atoms with Crippen LogP contribution in [0.5, 0.6) is 0 Å². The lowest BCUT2D eigenvalue weighted by Gasteiger charge is -2.36. The summed E-state index contributed by atoms with van der Waals surface area (Å²) in [6.45, 7) is 5.23. The highest BCUT2D eigenvalue weighted by molar-refractivity contribution is 5.67. The summed E-state index contributed by atoms with van der Waals surface area (Å²) in [7, 11) is 0. The standard InChI is InChI=1S/C20H25NO4/c1-19(2,23)20(3,24)17-11-9-15(10-12-17)13-21-18(22)25-14-16-7-5-4-6-8-16/h4-12,23-24H,13-14H2,1-3H3,(H,21,22). The maximum atomic E-state index is 11.7. The molecule has 0 spiro atoms. The van der Waals surface area contributed by atoms with Crippen molar-refractivity contribution in [3.05, 3.63) is 71.3 Å². The van der Waals surface area contributed by atoms with E-state index in [0.717, 1.165) is 11.1 Å². The number of amides is 1. The van der Waals surface area contributed by atoms with Crippen LogP contribution in [0.1, 0.15) is 37.5 Å². The zero-order chi connectivity index (χ0) is 18.5. The van der Waals surface area contributed by atoms with Crippen LogP contribution in [0.25, 0.3) is 0 Å². The van der Waals surface area contributed by atoms with Crippen molar-refractivity contribution in [2.75, 3.05) is 0 Å². The predicted octanol–water partition coefficient (Wildman–Crippen LogP) is 3.09. The number of carbonyl (C=O) groups is 1. The molecule has 0 saturated carbocycles. The fourth-order valence-electron chi connectivity index (χ4n) is 2.25. The van der Waals surface area contributed by atoms with E-state index in [-0.39, 0.29) is 6.61 Å². The molecule has 0 aliphatic rings. The van der Waals surface area contributed by atoms with Crippen molar-refractivity contribution in [2.45, 2.75) is 45.1 Å². The molecule has 0 radical (unpaired) electrons. The number of nitrogens with one attached hydrogen (secondary N) is 1. The lowest BCUT2D eigenvalue weighted by atomic mass is 9.81. The molecular formula is C20H25NO4. The highest BCUT2D eigenvalue weighted by atomic mass is 16.5. The van der Waals surface area contributed by atoms with Gasteiger partial charge in [0.05, 0.1) is 5.60 Å². The number of aliphatic hydroxyl groups is 2. The van der Waals surface area contributed by atoms with Crippen molar-refractivity contribution in [3.63, 3.8) is 0 Å². The van der Waals surface area contributed by atoms with Gasteiger partial charge in [-0.25, -0.2) is 4.79 Å². The van der Waals surface area contributed by atoms with E-state index in [2.05, 4.69) is 5.32 Å². The predicted molar refractivity (Wildman–Crippen MR) is 95.8 cm³/mol. The van der Waals surface area contributed by atoms with Crippen LogP contribution < -0.4 is 5.32 Å². The molecule has 5 nitrogen and oxygen atoms in total. The summed E-state index contributed by atoms with van der Waals surface area (Å²) in [5.41, 5.74) is -0.236. The Morgan fingerprint density at radius 3 is 2.12 bits per heavy atom. The lowest BCUT2D eigenvalue weighted by Crippen LogP contribution is -2.44. The third-order valence-corrected chi connectivity index (χ3v) is 4.36. The molecule has 3 N–H and O–H groups in total. The van der Waals surface area contributed by atoms with E-state index in [1.54, 1.807) is 45.0 Å². The molecular weight excluding hydrogens is 318 g/mol. The molecule has 0 heterocycles. The van der Waals surface area contributed by atoms with E-state index >= 15 is 0 Å². The van der Waals surface area contributed by atoms with E-state index in [4.69, 9.17) is 4.74 Å². The van der Waals surface area contributed by atoms with Gasteiger partial charge in [0.25, 0.3) is 0 Å². The minimum Gasteiger partial charge on any atom is -0.445 e. The second-order valence-electron chi connectivity index (χ2n) is 6.74. The number of ether oxygens (including phenoxy) is 1. The van der Waals surface area contributed by atoms with E-state index in [9.17, 15) is 15.0 Å². The molecule has 2 rings (SSSR count). The summed E-state index contributed by atoms with van der Waals surface area (Å²) in [5, 5.41) is 23.2. The third-order valence-electron chi connectivity index (χ3n) is 4.36. The van der Waals surface area contributed by atoms with Gasteiger partial charge in [-0.2, -0.15) is 0 Å². The molecule has 2 aromatic carbocycles. The van der Waals surface area contributed by atoms with Crippen LogP contribution in [0.3, 0.4) is 0 Å². The van der Waals surface area contributed by atoms with Gasteiger partial charge in [0.2, 0.25) is 0 Å². The largest absolute Gasteiger partial charge is 0.445 e. The molecule has 0 saturated heterocycles. The summed E-state index contributed by atoms with van der Waals surface area (Å²) in [6.07, 6.45) is -0.489. The van der Waals surface area contributed by atoms with Crippen molar-refractivity contribution in [2.24, 2.45) is 0 Å². The minimum atomic E-state index is -1.37. The molecule has 1 amide bonds. The van der Waals surface area contributed by atoms with Crippen LogP contribution in [0, 0.1) is 0 Å². The van der Waals surface area contributed by atoms with E-state index in [1.807, 2.05) is 30.3 Å². The second-order valence-corrected chi connectivity index (χ2v) is 6.74. The molecule has 5 heteroatoms. The summed E-state index contributed by atoms with van der Waals surface area (Å²) in [5.74, 6) is 0. The fraction of sp³-hybridized carbons (Fsp3) is 0.350. The first-order valence-electron chi connectivity index (χ1n) is 8.19. The number of rotatable bonds is 6. The van der Waals surface area contributed by atoms with Crippen LogP contribution >= 0.6 is 0 Å². The molecule has 134 valence electrons. The van der Waals surface area contributed by atoms with Crippen LogP contribution in [-0.2, 0) is 23.5 Å². The van der Waals surface area contributed by atoms with Gasteiger partial charge in [-0.15, -0.1) is 0 Å². The summed E-state index contributed by atoms with van der Waals surface area (Å²) in [4.78, 5) is 11.7. The number of hydrogen-bond donors (Lipinski definition) is 3. The SMILES string of the molecule is CC(C)(O)C(C)(O)c1ccc(CNC(=O)OCc2ccccc2)cc1. The maximum absolute atomic E-state index is 11.7. The highest BCUT2D eigenvalue weighted by Gasteiger charge is 2.38. The molecule has 1 atom stereocenters. The Labute approximate surface area is 148 Å². The Morgan fingerprint density at radius 1 is 0.960 bits per heavy atom. The average molecular weight is 343 g/mol. The van der Waals surface area contributed by atoms with Crippen molar-refractivity contribution in [3.8, 4) is 0 Å². The fourth-order valence-corrected chi connectivity index (χ4v) is 2.25. The zero-order valence-corrected chi connectivity index (χ0v) is 14.8. The Hall–Kier alpha value is -2.37. The van der Waals surface area contributed by atoms with Gasteiger partial charge in [-0.05, 0) is 37.5 Å². The molecule has 0 aromatic heterocycles. The first-order chi connectivity index (χ1) is 11.7. The molecule has 2 aromatic rings. The number of alkyl carbamates (subject to hydrolysis) is 1. The van der Waals surface area contributed by atoms with Gasteiger partial charge in [-0.3, -0.25) is 0 Å². The normalized spacial score (nSPS) is 13.8. The smallest absolute Gasteiger partial charge is 0.407 e. The second kappa shape index (κ2) is 7.68. The van der Waals surface area contributed by atoms with Gasteiger partial charge >= 0.3 is 6.09 Å². The average Bonchev–Trinajstić information content (AvgIpc) is 2.58. The molecule has 0 aliphatic carbocycles. The van der Waals surface area contributed by atoms with Crippen molar-refractivity contribution in [1.82, 2.24) is 5.32 Å². The lowest BCUT2D eigenvalue weighted by molar-refractivity contribution is -0.125. The van der Waals surface area contributed by atoms with Crippen LogP contribution in [0.15, 0.2) is 54.6 Å². The maximum Gasteiger partial charge on any atom is 0.407 e. The van der Waals surface area contributed by atoms with Crippen molar-refractivity contribution < 1.29 is 19.7 Å². The highest BCUT2D eigenvalue weighted by Crippen LogP contribution is 2.32. The Morgan fingerprint density at radius 2 is 1.56 bits per heavy atom. The number of hydrogen-bond acceptors (Lipinski definition) is 4. The molecule has 0 aliphatic heterocycles. The molecule has 0 fully saturated rings. The van der Waals surface area contributed by atoms with Gasteiger partial charge in [0, 0.05) is 6.54 Å². The summed E-state index contributed by atoms with van der Waals surface area (Å²) >= 11 is 0. The van der Waals surface area contributed by atoms with Crippen LogP contribution in [-0.4, -0.2) is 21.9 Å². The Balaban J connectivity index is 1.86. The number of carbonyl (C=O) groups excluding carboxylic acids is 1. The molecule has 25 heavy (non-hydrogen) atoms. The van der Waals surface area contributed by atoms with E-state index in [0.29, 0.717) is 12.1 Å². The minimum absolute atomic E-state index is 0.222. The third kappa shape index (κ3) is 5.05.